The Morgan fingerprint density at radius 2 is 1.88 bits per heavy atom. The van der Waals surface area contributed by atoms with Crippen LogP contribution in [0.3, 0.4) is 0 Å². The van der Waals surface area contributed by atoms with Gasteiger partial charge in [0.1, 0.15) is 17.8 Å². The highest BCUT2D eigenvalue weighted by Gasteiger charge is 2.40. The van der Waals surface area contributed by atoms with E-state index in [9.17, 15) is 9.59 Å². The maximum Gasteiger partial charge on any atom is 0.344 e. The van der Waals surface area contributed by atoms with Crippen LogP contribution in [0.5, 0.6) is 17.2 Å². The molecule has 1 unspecified atom stereocenters. The van der Waals surface area contributed by atoms with Gasteiger partial charge in [-0.2, -0.15) is 0 Å². The number of rotatable bonds is 9. The summed E-state index contributed by atoms with van der Waals surface area (Å²) >= 11 is 0. The second-order valence-electron chi connectivity index (χ2n) is 9.84. The minimum Gasteiger partial charge on any atom is -0.490 e. The van der Waals surface area contributed by atoms with Crippen molar-refractivity contribution in [2.75, 3.05) is 46.1 Å². The number of morpholine rings is 1. The zero-order valence-electron chi connectivity index (χ0n) is 22.9. The van der Waals surface area contributed by atoms with Crippen molar-refractivity contribution in [3.8, 4) is 17.2 Å². The monoisotopic (exact) mass is 550 g/mol. The fourth-order valence-corrected chi connectivity index (χ4v) is 4.98. The first kappa shape index (κ1) is 27.5. The van der Waals surface area contributed by atoms with Crippen LogP contribution in [0.25, 0.3) is 11.0 Å². The van der Waals surface area contributed by atoms with E-state index in [1.165, 1.54) is 0 Å². The highest BCUT2D eigenvalue weighted by Crippen LogP contribution is 2.45. The molecule has 0 aliphatic carbocycles. The molecule has 5 rings (SSSR count). The maximum absolute atomic E-state index is 13.4. The SMILES string of the molecule is CCOc1cc(C2C(C(=O)OC(C)C)=C(N)Oc3c2c(=O)oc2ccccc32)ccc1OCCN1CCOCC1. The Labute approximate surface area is 232 Å². The number of ether oxygens (including phenoxy) is 5. The van der Waals surface area contributed by atoms with Crippen molar-refractivity contribution in [2.24, 2.45) is 5.73 Å². The molecule has 0 radical (unpaired) electrons. The molecule has 0 spiro atoms. The summed E-state index contributed by atoms with van der Waals surface area (Å²) in [5, 5.41) is 0.564. The standard InChI is InChI=1S/C30H34N2O8/c1-4-36-23-17-19(9-10-22(23)37-16-13-32-11-14-35-15-12-32)24-25-27(20-7-5-6-8-21(20)39-29(25)33)40-28(31)26(24)30(34)38-18(2)3/h5-10,17-18,24H,4,11-16,31H2,1-3H3. The van der Waals surface area contributed by atoms with E-state index < -0.39 is 23.6 Å². The maximum atomic E-state index is 13.4. The second-order valence-corrected chi connectivity index (χ2v) is 9.84. The summed E-state index contributed by atoms with van der Waals surface area (Å²) in [4.78, 5) is 29.0. The van der Waals surface area contributed by atoms with Gasteiger partial charge in [0.05, 0.1) is 42.8 Å². The van der Waals surface area contributed by atoms with Crippen LogP contribution in [0.1, 0.15) is 37.8 Å². The van der Waals surface area contributed by atoms with E-state index in [1.807, 2.05) is 6.92 Å². The third-order valence-electron chi connectivity index (χ3n) is 6.79. The molecule has 10 heteroatoms. The van der Waals surface area contributed by atoms with Gasteiger partial charge in [0.2, 0.25) is 5.88 Å². The van der Waals surface area contributed by atoms with E-state index in [0.29, 0.717) is 54.5 Å². The highest BCUT2D eigenvalue weighted by molar-refractivity contribution is 5.94. The Bertz CT molecular complexity index is 1470. The summed E-state index contributed by atoms with van der Waals surface area (Å²) in [6.07, 6.45) is -0.413. The molecule has 2 N–H and O–H groups in total. The number of hydrogen-bond acceptors (Lipinski definition) is 10. The van der Waals surface area contributed by atoms with Crippen molar-refractivity contribution in [2.45, 2.75) is 32.8 Å². The van der Waals surface area contributed by atoms with Gasteiger partial charge in [-0.3, -0.25) is 4.90 Å². The molecule has 2 aliphatic rings. The molecule has 0 saturated carbocycles. The zero-order chi connectivity index (χ0) is 28.2. The molecule has 212 valence electrons. The molecular formula is C30H34N2O8. The first-order valence-corrected chi connectivity index (χ1v) is 13.5. The van der Waals surface area contributed by atoms with Crippen LogP contribution in [0.4, 0.5) is 0 Å². The lowest BCUT2D eigenvalue weighted by Crippen LogP contribution is -2.38. The second kappa shape index (κ2) is 12.0. The molecule has 0 amide bonds. The number of carbonyl (C=O) groups excluding carboxylic acids is 1. The molecule has 1 fully saturated rings. The average molecular weight is 551 g/mol. The third-order valence-corrected chi connectivity index (χ3v) is 6.79. The molecule has 3 aromatic rings. The van der Waals surface area contributed by atoms with Gasteiger partial charge in [-0.15, -0.1) is 0 Å². The first-order valence-electron chi connectivity index (χ1n) is 13.5. The molecule has 1 atom stereocenters. The Hall–Kier alpha value is -4.02. The van der Waals surface area contributed by atoms with Crippen molar-refractivity contribution in [1.29, 1.82) is 0 Å². The van der Waals surface area contributed by atoms with E-state index in [1.54, 1.807) is 56.3 Å². The summed E-state index contributed by atoms with van der Waals surface area (Å²) in [7, 11) is 0. The Balaban J connectivity index is 1.56. The molecule has 2 aromatic carbocycles. The lowest BCUT2D eigenvalue weighted by Gasteiger charge is -2.29. The van der Waals surface area contributed by atoms with Gasteiger partial charge in [-0.05, 0) is 50.6 Å². The van der Waals surface area contributed by atoms with Crippen molar-refractivity contribution >= 4 is 16.9 Å². The molecule has 3 heterocycles. The van der Waals surface area contributed by atoms with Gasteiger partial charge in [-0.1, -0.05) is 18.2 Å². The molecular weight excluding hydrogens is 516 g/mol. The van der Waals surface area contributed by atoms with Crippen LogP contribution in [-0.2, 0) is 14.3 Å². The number of hydrogen-bond donors (Lipinski definition) is 1. The molecule has 2 aliphatic heterocycles. The quantitative estimate of drug-likeness (QED) is 0.313. The van der Waals surface area contributed by atoms with E-state index in [-0.39, 0.29) is 22.8 Å². The number of nitrogens with zero attached hydrogens (tertiary/aromatic N) is 1. The zero-order valence-corrected chi connectivity index (χ0v) is 22.9. The van der Waals surface area contributed by atoms with E-state index in [2.05, 4.69) is 4.90 Å². The van der Waals surface area contributed by atoms with Gasteiger partial charge >= 0.3 is 11.6 Å². The molecule has 40 heavy (non-hydrogen) atoms. The van der Waals surface area contributed by atoms with Crippen LogP contribution in [-0.4, -0.2) is 63.0 Å². The summed E-state index contributed by atoms with van der Waals surface area (Å²) in [5.74, 6) is -0.450. The fraction of sp³-hybridized carbons (Fsp3) is 0.400. The highest BCUT2D eigenvalue weighted by atomic mass is 16.5. The topological polar surface area (TPSA) is 123 Å². The predicted octanol–water partition coefficient (Wildman–Crippen LogP) is 3.55. The van der Waals surface area contributed by atoms with Crippen LogP contribution in [0.15, 0.2) is 63.1 Å². The number of esters is 1. The van der Waals surface area contributed by atoms with Gasteiger partial charge < -0.3 is 33.8 Å². The first-order chi connectivity index (χ1) is 19.4. The van der Waals surface area contributed by atoms with Gasteiger partial charge in [-0.25, -0.2) is 9.59 Å². The van der Waals surface area contributed by atoms with Crippen molar-refractivity contribution in [1.82, 2.24) is 4.90 Å². The normalized spacial score (nSPS) is 17.4. The van der Waals surface area contributed by atoms with Crippen LogP contribution in [0, 0.1) is 0 Å². The Kier molecular flexibility index (Phi) is 8.27. The number of benzene rings is 2. The van der Waals surface area contributed by atoms with Crippen LogP contribution in [0.2, 0.25) is 0 Å². The van der Waals surface area contributed by atoms with E-state index >= 15 is 0 Å². The van der Waals surface area contributed by atoms with Crippen LogP contribution < -0.4 is 25.6 Å². The molecule has 1 aromatic heterocycles. The van der Waals surface area contributed by atoms with E-state index in [4.69, 9.17) is 33.8 Å². The average Bonchev–Trinajstić information content (AvgIpc) is 2.93. The number of carbonyl (C=O) groups is 1. The molecule has 10 nitrogen and oxygen atoms in total. The molecule has 0 bridgehead atoms. The Morgan fingerprint density at radius 3 is 2.62 bits per heavy atom. The largest absolute Gasteiger partial charge is 0.490 e. The van der Waals surface area contributed by atoms with Gasteiger partial charge in [0.25, 0.3) is 0 Å². The van der Waals surface area contributed by atoms with Crippen LogP contribution >= 0.6 is 0 Å². The summed E-state index contributed by atoms with van der Waals surface area (Å²) in [6, 6.07) is 12.3. The number of fused-ring (bicyclic) bond motifs is 3. The summed E-state index contributed by atoms with van der Waals surface area (Å²) in [5.41, 5.74) is 6.83. The molecule has 1 saturated heterocycles. The predicted molar refractivity (Wildman–Crippen MR) is 148 cm³/mol. The Morgan fingerprint density at radius 1 is 1.10 bits per heavy atom. The summed E-state index contributed by atoms with van der Waals surface area (Å²) in [6.45, 7) is 10.1. The lowest BCUT2D eigenvalue weighted by molar-refractivity contribution is -0.143. The third kappa shape index (κ3) is 5.64. The van der Waals surface area contributed by atoms with Gasteiger partial charge in [0.15, 0.2) is 17.2 Å². The van der Waals surface area contributed by atoms with E-state index in [0.717, 1.165) is 19.6 Å². The number of para-hydroxylation sites is 1. The fourth-order valence-electron chi connectivity index (χ4n) is 4.98. The summed E-state index contributed by atoms with van der Waals surface area (Å²) < 4.78 is 34.5. The van der Waals surface area contributed by atoms with Crippen molar-refractivity contribution in [3.63, 3.8) is 0 Å². The minimum atomic E-state index is -0.919. The van der Waals surface area contributed by atoms with Gasteiger partial charge in [0, 0.05) is 19.6 Å². The number of nitrogens with two attached hydrogens (primary N) is 1. The van der Waals surface area contributed by atoms with Crippen molar-refractivity contribution < 1.29 is 32.9 Å². The smallest absolute Gasteiger partial charge is 0.344 e. The lowest BCUT2D eigenvalue weighted by atomic mass is 9.83. The minimum absolute atomic E-state index is 0.0206. The van der Waals surface area contributed by atoms with Crippen molar-refractivity contribution in [3.05, 3.63) is 75.5 Å².